The first-order chi connectivity index (χ1) is 14.7. The van der Waals surface area contributed by atoms with Gasteiger partial charge in [-0.15, -0.1) is 0 Å². The Balaban J connectivity index is 1.75. The van der Waals surface area contributed by atoms with Crippen molar-refractivity contribution in [1.29, 1.82) is 0 Å². The Morgan fingerprint density at radius 3 is 2.58 bits per heavy atom. The maximum atomic E-state index is 12.0. The molecule has 1 unspecified atom stereocenters. The summed E-state index contributed by atoms with van der Waals surface area (Å²) in [7, 11) is 0. The molecule has 0 saturated carbocycles. The van der Waals surface area contributed by atoms with Gasteiger partial charge >= 0.3 is 5.97 Å². The van der Waals surface area contributed by atoms with E-state index in [1.807, 2.05) is 25.1 Å². The molecule has 0 spiro atoms. The zero-order valence-electron chi connectivity index (χ0n) is 19.0. The Kier molecular flexibility index (Phi) is 5.73. The topological polar surface area (TPSA) is 65.0 Å². The fourth-order valence-corrected chi connectivity index (χ4v) is 4.91. The van der Waals surface area contributed by atoms with E-state index in [-0.39, 0.29) is 23.9 Å². The molecule has 1 N–H and O–H groups in total. The maximum Gasteiger partial charge on any atom is 0.308 e. The Bertz CT molecular complexity index is 979. The first-order valence-electron chi connectivity index (χ1n) is 11.1. The molecule has 5 heteroatoms. The quantitative estimate of drug-likeness (QED) is 0.701. The Morgan fingerprint density at radius 1 is 1.19 bits per heavy atom. The number of benzene rings is 2. The third-order valence-electron chi connectivity index (χ3n) is 6.47. The van der Waals surface area contributed by atoms with Gasteiger partial charge in [-0.1, -0.05) is 37.3 Å². The lowest BCUT2D eigenvalue weighted by molar-refractivity contribution is -0.161. The van der Waals surface area contributed by atoms with E-state index in [9.17, 15) is 9.90 Å². The van der Waals surface area contributed by atoms with Gasteiger partial charge in [0.15, 0.2) is 0 Å². The number of esters is 1. The summed E-state index contributed by atoms with van der Waals surface area (Å²) in [5, 5.41) is 10.1. The minimum atomic E-state index is -0.668. The molecule has 0 radical (unpaired) electrons. The van der Waals surface area contributed by atoms with Crippen LogP contribution in [0.5, 0.6) is 11.5 Å². The van der Waals surface area contributed by atoms with Gasteiger partial charge in [0, 0.05) is 29.9 Å². The monoisotopic (exact) mass is 424 g/mol. The first kappa shape index (κ1) is 21.7. The van der Waals surface area contributed by atoms with E-state index in [2.05, 4.69) is 39.8 Å². The van der Waals surface area contributed by atoms with Crippen LogP contribution >= 0.6 is 0 Å². The molecule has 1 fully saturated rings. The normalized spacial score (nSPS) is 23.0. The first-order valence-corrected chi connectivity index (χ1v) is 11.1. The number of aliphatic hydroxyl groups excluding tert-OH is 1. The van der Waals surface area contributed by atoms with Crippen LogP contribution in [0.25, 0.3) is 0 Å². The number of ether oxygens (including phenoxy) is 3. The fourth-order valence-electron chi connectivity index (χ4n) is 4.91. The highest BCUT2D eigenvalue weighted by molar-refractivity contribution is 5.71. The van der Waals surface area contributed by atoms with Gasteiger partial charge in [-0.25, -0.2) is 0 Å². The average Bonchev–Trinajstić information content (AvgIpc) is 3.03. The van der Waals surface area contributed by atoms with E-state index in [1.54, 1.807) is 0 Å². The van der Waals surface area contributed by atoms with Crippen LogP contribution in [0, 0.1) is 13.8 Å². The summed E-state index contributed by atoms with van der Waals surface area (Å²) in [6, 6.07) is 10.1. The van der Waals surface area contributed by atoms with Crippen LogP contribution in [0.1, 0.15) is 67.3 Å². The molecule has 4 rings (SSSR count). The van der Waals surface area contributed by atoms with Crippen LogP contribution in [-0.4, -0.2) is 28.9 Å². The number of aliphatic hydroxyl groups is 1. The predicted octanol–water partition coefficient (Wildman–Crippen LogP) is 4.77. The van der Waals surface area contributed by atoms with E-state index < -0.39 is 12.2 Å². The molecule has 2 aromatic rings. The van der Waals surface area contributed by atoms with Gasteiger partial charge in [0.25, 0.3) is 0 Å². The molecular formula is C26H32O5. The van der Waals surface area contributed by atoms with Crippen molar-refractivity contribution in [2.45, 2.75) is 84.2 Å². The number of hydrogen-bond acceptors (Lipinski definition) is 5. The largest absolute Gasteiger partial charge is 0.488 e. The molecule has 0 aliphatic carbocycles. The summed E-state index contributed by atoms with van der Waals surface area (Å²) in [6.07, 6.45) is 0.222. The van der Waals surface area contributed by atoms with Crippen LogP contribution < -0.4 is 9.47 Å². The second-order valence-electron chi connectivity index (χ2n) is 9.52. The van der Waals surface area contributed by atoms with E-state index in [4.69, 9.17) is 14.2 Å². The molecule has 2 aliphatic heterocycles. The average molecular weight is 425 g/mol. The Hall–Kier alpha value is -2.53. The summed E-state index contributed by atoms with van der Waals surface area (Å²) in [6.45, 7) is 10.8. The van der Waals surface area contributed by atoms with Crippen LogP contribution in [0.3, 0.4) is 0 Å². The van der Waals surface area contributed by atoms with Gasteiger partial charge in [-0.05, 0) is 44.4 Å². The van der Waals surface area contributed by atoms with Crippen molar-refractivity contribution in [2.75, 3.05) is 0 Å². The van der Waals surface area contributed by atoms with Gasteiger partial charge in [0.05, 0.1) is 12.5 Å². The molecule has 0 bridgehead atoms. The molecule has 31 heavy (non-hydrogen) atoms. The van der Waals surface area contributed by atoms with E-state index >= 15 is 0 Å². The summed E-state index contributed by atoms with van der Waals surface area (Å²) in [4.78, 5) is 12.0. The Morgan fingerprint density at radius 2 is 1.90 bits per heavy atom. The van der Waals surface area contributed by atoms with Crippen LogP contribution in [0.2, 0.25) is 0 Å². The lowest BCUT2D eigenvalue weighted by Crippen LogP contribution is -2.36. The van der Waals surface area contributed by atoms with Crippen molar-refractivity contribution in [2.24, 2.45) is 0 Å². The minimum absolute atomic E-state index is 0.0587. The number of carbonyl (C=O) groups excluding carboxylic acids is 1. The zero-order valence-corrected chi connectivity index (χ0v) is 19.0. The number of fused-ring (bicyclic) bond motifs is 1. The molecular weight excluding hydrogens is 392 g/mol. The van der Waals surface area contributed by atoms with Crippen molar-refractivity contribution in [1.82, 2.24) is 0 Å². The van der Waals surface area contributed by atoms with Gasteiger partial charge in [-0.2, -0.15) is 0 Å². The van der Waals surface area contributed by atoms with Crippen molar-refractivity contribution in [3.63, 3.8) is 0 Å². The van der Waals surface area contributed by atoms with Crippen molar-refractivity contribution < 1.29 is 24.1 Å². The lowest BCUT2D eigenvalue weighted by Gasteiger charge is -2.33. The highest BCUT2D eigenvalue weighted by Gasteiger charge is 2.40. The van der Waals surface area contributed by atoms with Gasteiger partial charge in [-0.3, -0.25) is 4.79 Å². The SMILES string of the molecule is Cc1c2c(c(C(C)[C@@H]3C[C@@H](O)CC(=O)O3)c(C)c1OCc1ccccc1)OC(C)(C)C2. The Labute approximate surface area is 184 Å². The van der Waals surface area contributed by atoms with Crippen molar-refractivity contribution >= 4 is 5.97 Å². The molecule has 3 atom stereocenters. The second kappa shape index (κ2) is 8.19. The standard InChI is InChI=1S/C26H32O5/c1-15-20-13-26(4,5)31-25(20)23(16(2)21-11-19(27)12-22(28)30-21)17(3)24(15)29-14-18-9-7-6-8-10-18/h6-10,16,19,21,27H,11-14H2,1-5H3/t16?,19-,21+/m1/s1. The molecule has 0 amide bonds. The van der Waals surface area contributed by atoms with Gasteiger partial charge in [0.1, 0.15) is 29.8 Å². The summed E-state index contributed by atoms with van der Waals surface area (Å²) in [5.41, 5.74) is 5.08. The third-order valence-corrected chi connectivity index (χ3v) is 6.47. The minimum Gasteiger partial charge on any atom is -0.488 e. The smallest absolute Gasteiger partial charge is 0.308 e. The summed E-state index contributed by atoms with van der Waals surface area (Å²) >= 11 is 0. The van der Waals surface area contributed by atoms with Gasteiger partial charge < -0.3 is 19.3 Å². The molecule has 0 aromatic heterocycles. The number of rotatable bonds is 5. The number of hydrogen-bond donors (Lipinski definition) is 1. The highest BCUT2D eigenvalue weighted by Crippen LogP contribution is 2.49. The van der Waals surface area contributed by atoms with Crippen molar-refractivity contribution in [3.05, 3.63) is 58.1 Å². The maximum absolute atomic E-state index is 12.0. The molecule has 1 saturated heterocycles. The summed E-state index contributed by atoms with van der Waals surface area (Å²) in [5.74, 6) is 1.28. The van der Waals surface area contributed by atoms with Gasteiger partial charge in [0.2, 0.25) is 0 Å². The fraction of sp³-hybridized carbons (Fsp3) is 0.500. The van der Waals surface area contributed by atoms with Crippen LogP contribution in [0.4, 0.5) is 0 Å². The number of carbonyl (C=O) groups is 1. The molecule has 2 heterocycles. The van der Waals surface area contributed by atoms with Crippen LogP contribution in [0.15, 0.2) is 30.3 Å². The number of cyclic esters (lactones) is 1. The predicted molar refractivity (Wildman–Crippen MR) is 119 cm³/mol. The molecule has 2 aliphatic rings. The molecule has 5 nitrogen and oxygen atoms in total. The second-order valence-corrected chi connectivity index (χ2v) is 9.52. The summed E-state index contributed by atoms with van der Waals surface area (Å²) < 4.78 is 18.4. The highest BCUT2D eigenvalue weighted by atomic mass is 16.5. The van der Waals surface area contributed by atoms with E-state index in [0.717, 1.165) is 45.7 Å². The zero-order chi connectivity index (χ0) is 22.3. The van der Waals surface area contributed by atoms with Crippen LogP contribution in [-0.2, 0) is 22.6 Å². The van der Waals surface area contributed by atoms with E-state index in [1.165, 1.54) is 0 Å². The molecule has 166 valence electrons. The third kappa shape index (κ3) is 4.29. The lowest BCUT2D eigenvalue weighted by atomic mass is 9.83. The van der Waals surface area contributed by atoms with Crippen molar-refractivity contribution in [3.8, 4) is 11.5 Å². The van der Waals surface area contributed by atoms with E-state index in [0.29, 0.717) is 13.0 Å². The molecule has 2 aromatic carbocycles.